The summed E-state index contributed by atoms with van der Waals surface area (Å²) in [4.78, 5) is 14.5. The molecule has 0 aromatic carbocycles. The Morgan fingerprint density at radius 1 is 1.61 bits per heavy atom. The fraction of sp³-hybridized carbons (Fsp3) is 0.500. The second kappa shape index (κ2) is 7.02. The van der Waals surface area contributed by atoms with Crippen molar-refractivity contribution in [2.24, 2.45) is 5.84 Å². The first-order valence-electron chi connectivity index (χ1n) is 5.46. The van der Waals surface area contributed by atoms with Crippen LogP contribution in [-0.2, 0) is 0 Å². The molecule has 18 heavy (non-hydrogen) atoms. The Labute approximate surface area is 110 Å². The zero-order valence-corrected chi connectivity index (χ0v) is 11.2. The normalized spacial score (nSPS) is 11.9. The highest BCUT2D eigenvalue weighted by Gasteiger charge is 2.17. The quantitative estimate of drug-likeness (QED) is 0.394. The van der Waals surface area contributed by atoms with Gasteiger partial charge in [0.2, 0.25) is 5.82 Å². The molecule has 1 heterocycles. The molecule has 0 bridgehead atoms. The highest BCUT2D eigenvalue weighted by atomic mass is 32.2. The molecule has 1 rings (SSSR count). The zero-order valence-electron chi connectivity index (χ0n) is 10.3. The van der Waals surface area contributed by atoms with E-state index in [9.17, 15) is 10.1 Å². The smallest absolute Gasteiger partial charge is 0.311 e. The van der Waals surface area contributed by atoms with Crippen LogP contribution in [0.25, 0.3) is 0 Å². The number of nitrogens with two attached hydrogens (primary N) is 1. The Hall–Kier alpha value is -1.54. The third kappa shape index (κ3) is 4.04. The lowest BCUT2D eigenvalue weighted by Crippen LogP contribution is -2.19. The van der Waals surface area contributed by atoms with Crippen LogP contribution < -0.4 is 16.6 Å². The van der Waals surface area contributed by atoms with Crippen molar-refractivity contribution < 1.29 is 4.92 Å². The van der Waals surface area contributed by atoms with E-state index in [1.807, 2.05) is 13.2 Å². The van der Waals surface area contributed by atoms with E-state index in [-0.39, 0.29) is 17.5 Å². The molecule has 1 aromatic heterocycles. The van der Waals surface area contributed by atoms with Crippen molar-refractivity contribution in [2.75, 3.05) is 22.8 Å². The van der Waals surface area contributed by atoms with Gasteiger partial charge in [0.05, 0.1) is 4.92 Å². The molecular weight excluding hydrogens is 254 g/mol. The van der Waals surface area contributed by atoms with Gasteiger partial charge in [-0.2, -0.15) is 11.8 Å². The number of nitrogens with one attached hydrogen (secondary N) is 2. The number of nitro groups is 1. The Kier molecular flexibility index (Phi) is 5.66. The van der Waals surface area contributed by atoms with Gasteiger partial charge in [0, 0.05) is 12.1 Å². The lowest BCUT2D eigenvalue weighted by molar-refractivity contribution is -0.384. The molecule has 1 atom stereocenters. The molecule has 8 heteroatoms. The van der Waals surface area contributed by atoms with E-state index in [4.69, 9.17) is 5.84 Å². The predicted octanol–water partition coefficient (Wildman–Crippen LogP) is 1.83. The molecule has 0 saturated carbocycles. The van der Waals surface area contributed by atoms with Crippen molar-refractivity contribution in [2.45, 2.75) is 19.4 Å². The van der Waals surface area contributed by atoms with Crippen LogP contribution in [0.15, 0.2) is 12.1 Å². The van der Waals surface area contributed by atoms with E-state index in [2.05, 4.69) is 15.7 Å². The number of nitrogens with zero attached hydrogens (tertiary/aromatic N) is 2. The second-order valence-electron chi connectivity index (χ2n) is 3.79. The molecule has 100 valence electrons. The maximum atomic E-state index is 10.9. The molecule has 0 radical (unpaired) electrons. The average Bonchev–Trinajstić information content (AvgIpc) is 2.35. The van der Waals surface area contributed by atoms with Crippen LogP contribution in [0.5, 0.6) is 0 Å². The van der Waals surface area contributed by atoms with Crippen molar-refractivity contribution in [1.82, 2.24) is 4.98 Å². The van der Waals surface area contributed by atoms with E-state index in [1.54, 1.807) is 11.8 Å². The average molecular weight is 271 g/mol. The van der Waals surface area contributed by atoms with Crippen LogP contribution in [0.1, 0.15) is 13.3 Å². The summed E-state index contributed by atoms with van der Waals surface area (Å²) < 4.78 is 0. The van der Waals surface area contributed by atoms with Crippen LogP contribution in [0.3, 0.4) is 0 Å². The molecule has 1 aromatic rings. The summed E-state index contributed by atoms with van der Waals surface area (Å²) in [5, 5.41) is 13.9. The molecule has 0 aliphatic carbocycles. The number of aromatic nitrogens is 1. The van der Waals surface area contributed by atoms with Gasteiger partial charge in [-0.05, 0) is 31.4 Å². The summed E-state index contributed by atoms with van der Waals surface area (Å²) in [5.41, 5.74) is 2.32. The molecule has 0 amide bonds. The van der Waals surface area contributed by atoms with Gasteiger partial charge in [-0.15, -0.1) is 0 Å². The van der Waals surface area contributed by atoms with Crippen LogP contribution in [0.2, 0.25) is 0 Å². The lowest BCUT2D eigenvalue weighted by atomic mass is 10.2. The van der Waals surface area contributed by atoms with Gasteiger partial charge < -0.3 is 10.7 Å². The minimum absolute atomic E-state index is 0.0509. The third-order valence-corrected chi connectivity index (χ3v) is 3.00. The van der Waals surface area contributed by atoms with Gasteiger partial charge in [0.1, 0.15) is 5.82 Å². The predicted molar refractivity (Wildman–Crippen MR) is 74.8 cm³/mol. The highest BCUT2D eigenvalue weighted by Crippen LogP contribution is 2.24. The molecule has 0 saturated heterocycles. The fourth-order valence-corrected chi connectivity index (χ4v) is 1.98. The molecule has 7 nitrogen and oxygen atoms in total. The van der Waals surface area contributed by atoms with E-state index in [0.29, 0.717) is 5.82 Å². The van der Waals surface area contributed by atoms with Crippen molar-refractivity contribution in [3.8, 4) is 0 Å². The van der Waals surface area contributed by atoms with Crippen molar-refractivity contribution >= 4 is 29.1 Å². The lowest BCUT2D eigenvalue weighted by Gasteiger charge is -2.14. The molecule has 0 spiro atoms. The summed E-state index contributed by atoms with van der Waals surface area (Å²) in [6.07, 6.45) is 2.92. The Morgan fingerprint density at radius 3 is 2.89 bits per heavy atom. The van der Waals surface area contributed by atoms with Crippen LogP contribution >= 0.6 is 11.8 Å². The summed E-state index contributed by atoms with van der Waals surface area (Å²) in [7, 11) is 0. The number of pyridine rings is 1. The van der Waals surface area contributed by atoms with Gasteiger partial charge >= 0.3 is 5.69 Å². The standard InChI is InChI=1S/C10H17N5O2S/c1-7(5-6-18-2)12-10-8(15(16)17)3-4-9(13-10)14-11/h3-4,7H,5-6,11H2,1-2H3,(H2,12,13,14). The molecule has 1 unspecified atom stereocenters. The number of hydrazine groups is 1. The maximum Gasteiger partial charge on any atom is 0.311 e. The van der Waals surface area contributed by atoms with Gasteiger partial charge in [0.25, 0.3) is 0 Å². The topological polar surface area (TPSA) is 106 Å². The van der Waals surface area contributed by atoms with E-state index < -0.39 is 4.92 Å². The first-order chi connectivity index (χ1) is 8.58. The Morgan fingerprint density at radius 2 is 2.33 bits per heavy atom. The van der Waals surface area contributed by atoms with Crippen molar-refractivity contribution in [3.05, 3.63) is 22.2 Å². The maximum absolute atomic E-state index is 10.9. The van der Waals surface area contributed by atoms with E-state index >= 15 is 0 Å². The van der Waals surface area contributed by atoms with E-state index in [0.717, 1.165) is 12.2 Å². The highest BCUT2D eigenvalue weighted by molar-refractivity contribution is 7.98. The summed E-state index contributed by atoms with van der Waals surface area (Å²) in [5.74, 6) is 6.85. The first-order valence-corrected chi connectivity index (χ1v) is 6.85. The fourth-order valence-electron chi connectivity index (χ4n) is 1.39. The van der Waals surface area contributed by atoms with Gasteiger partial charge in [0.15, 0.2) is 0 Å². The number of hydrogen-bond donors (Lipinski definition) is 3. The molecular formula is C10H17N5O2S. The van der Waals surface area contributed by atoms with E-state index in [1.165, 1.54) is 12.1 Å². The number of anilines is 2. The minimum atomic E-state index is -0.461. The number of hydrogen-bond acceptors (Lipinski definition) is 7. The van der Waals surface area contributed by atoms with Crippen molar-refractivity contribution in [3.63, 3.8) is 0 Å². The third-order valence-electron chi connectivity index (χ3n) is 2.36. The summed E-state index contributed by atoms with van der Waals surface area (Å²) >= 11 is 1.73. The zero-order chi connectivity index (χ0) is 13.5. The largest absolute Gasteiger partial charge is 0.362 e. The molecule has 0 aliphatic heterocycles. The Bertz CT molecular complexity index is 415. The number of thioether (sulfide) groups is 1. The second-order valence-corrected chi connectivity index (χ2v) is 4.78. The van der Waals surface area contributed by atoms with Gasteiger partial charge in [-0.3, -0.25) is 10.1 Å². The molecule has 4 N–H and O–H groups in total. The minimum Gasteiger partial charge on any atom is -0.362 e. The van der Waals surface area contributed by atoms with Gasteiger partial charge in [-0.25, -0.2) is 10.8 Å². The monoisotopic (exact) mass is 271 g/mol. The molecule has 0 fully saturated rings. The van der Waals surface area contributed by atoms with Crippen LogP contribution in [0, 0.1) is 10.1 Å². The van der Waals surface area contributed by atoms with Crippen molar-refractivity contribution in [1.29, 1.82) is 0 Å². The summed E-state index contributed by atoms with van der Waals surface area (Å²) in [6, 6.07) is 2.96. The SMILES string of the molecule is CSCCC(C)Nc1nc(NN)ccc1[N+](=O)[O-]. The van der Waals surface area contributed by atoms with Crippen LogP contribution in [-0.4, -0.2) is 28.0 Å². The number of nitrogen functional groups attached to an aromatic ring is 1. The number of rotatable bonds is 7. The van der Waals surface area contributed by atoms with Gasteiger partial charge in [-0.1, -0.05) is 0 Å². The summed E-state index contributed by atoms with van der Waals surface area (Å²) in [6.45, 7) is 1.96. The Balaban J connectivity index is 2.86. The van der Waals surface area contributed by atoms with Crippen LogP contribution in [0.4, 0.5) is 17.3 Å². The molecule has 0 aliphatic rings. The first kappa shape index (κ1) is 14.5.